The lowest BCUT2D eigenvalue weighted by Crippen LogP contribution is -1.92. The first-order valence-corrected chi connectivity index (χ1v) is 17.6. The molecule has 0 atom stereocenters. The van der Waals surface area contributed by atoms with Crippen LogP contribution >= 0.6 is 12.6 Å². The molecule has 1 heteroatoms. The highest BCUT2D eigenvalue weighted by Gasteiger charge is 2.17. The van der Waals surface area contributed by atoms with Gasteiger partial charge in [0.2, 0.25) is 0 Å². The van der Waals surface area contributed by atoms with E-state index in [0.29, 0.717) is 0 Å². The Morgan fingerprint density at radius 2 is 0.740 bits per heavy atom. The van der Waals surface area contributed by atoms with Crippen molar-refractivity contribution in [1.82, 2.24) is 0 Å². The van der Waals surface area contributed by atoms with Gasteiger partial charge in [-0.3, -0.25) is 0 Å². The molecule has 0 aromatic heterocycles. The van der Waals surface area contributed by atoms with Crippen molar-refractivity contribution in [3.8, 4) is 55.6 Å². The van der Waals surface area contributed by atoms with Crippen molar-refractivity contribution in [3.63, 3.8) is 0 Å². The van der Waals surface area contributed by atoms with E-state index in [2.05, 4.69) is 189 Å². The Morgan fingerprint density at radius 3 is 1.40 bits per heavy atom. The molecule has 0 radical (unpaired) electrons. The molecule has 0 unspecified atom stereocenters. The lowest BCUT2D eigenvalue weighted by molar-refractivity contribution is 1.39. The van der Waals surface area contributed by atoms with Crippen LogP contribution in [0.2, 0.25) is 0 Å². The summed E-state index contributed by atoms with van der Waals surface area (Å²) in [5.41, 5.74) is 13.0. The fourth-order valence-electron chi connectivity index (χ4n) is 7.54. The van der Waals surface area contributed by atoms with Crippen molar-refractivity contribution in [2.75, 3.05) is 0 Å². The average Bonchev–Trinajstić information content (AvgIpc) is 3.19. The van der Waals surface area contributed by atoms with Crippen LogP contribution in [0.1, 0.15) is 5.56 Å². The van der Waals surface area contributed by atoms with Gasteiger partial charge in [-0.1, -0.05) is 158 Å². The third-order valence-corrected chi connectivity index (χ3v) is 10.6. The van der Waals surface area contributed by atoms with Gasteiger partial charge in [0.15, 0.2) is 0 Å². The van der Waals surface area contributed by atoms with Gasteiger partial charge in [-0.05, 0) is 125 Å². The molecule has 0 aliphatic carbocycles. The first-order valence-electron chi connectivity index (χ1n) is 17.2. The number of hydrogen-bond donors (Lipinski definition) is 1. The molecular weight excluding hydrogens is 621 g/mol. The summed E-state index contributed by atoms with van der Waals surface area (Å²) in [7, 11) is 0. The second kappa shape index (κ2) is 12.5. The Bertz CT molecular complexity index is 2670. The first-order chi connectivity index (χ1) is 24.6. The summed E-state index contributed by atoms with van der Waals surface area (Å²) in [4.78, 5) is 0.986. The van der Waals surface area contributed by atoms with Gasteiger partial charge in [0.05, 0.1) is 0 Å². The van der Waals surface area contributed by atoms with Crippen LogP contribution in [0, 0.1) is 6.92 Å². The second-order valence-electron chi connectivity index (χ2n) is 13.1. The molecule has 0 aliphatic rings. The zero-order valence-corrected chi connectivity index (χ0v) is 28.7. The van der Waals surface area contributed by atoms with Crippen molar-refractivity contribution in [2.24, 2.45) is 0 Å². The third kappa shape index (κ3) is 5.28. The summed E-state index contributed by atoms with van der Waals surface area (Å²) in [5, 5.41) is 7.64. The quantitative estimate of drug-likeness (QED) is 0.139. The van der Waals surface area contributed by atoms with Crippen LogP contribution in [0.4, 0.5) is 0 Å². The van der Waals surface area contributed by atoms with E-state index in [4.69, 9.17) is 12.6 Å². The van der Waals surface area contributed by atoms with Crippen molar-refractivity contribution in [3.05, 3.63) is 188 Å². The smallest absolute Gasteiger partial charge is 0.0198 e. The van der Waals surface area contributed by atoms with E-state index < -0.39 is 0 Å². The Hall–Kier alpha value is -5.89. The standard InChI is InChI=1S/C49H34S/c1-32-12-5-6-17-40(32)48-31-39(37-16-11-15-36(28-37)35-24-22-34(23-25-35)33-13-3-2-4-14-33)30-46(49(48)50)38-26-27-45-43-20-8-7-18-41(43)42-19-9-10-21-44(42)47(45)29-38/h2-31,50H,1H3. The van der Waals surface area contributed by atoms with E-state index in [9.17, 15) is 0 Å². The summed E-state index contributed by atoms with van der Waals surface area (Å²) in [6.07, 6.45) is 0. The molecule has 50 heavy (non-hydrogen) atoms. The van der Waals surface area contributed by atoms with Crippen LogP contribution in [-0.2, 0) is 0 Å². The minimum atomic E-state index is 0.986. The first kappa shape index (κ1) is 30.2. The zero-order valence-electron chi connectivity index (χ0n) is 27.8. The average molecular weight is 655 g/mol. The van der Waals surface area contributed by atoms with Crippen LogP contribution in [0.5, 0.6) is 0 Å². The molecule has 9 aromatic carbocycles. The monoisotopic (exact) mass is 654 g/mol. The highest BCUT2D eigenvalue weighted by atomic mass is 32.1. The summed E-state index contributed by atoms with van der Waals surface area (Å²) in [6.45, 7) is 2.18. The number of rotatable bonds is 5. The van der Waals surface area contributed by atoms with Crippen molar-refractivity contribution < 1.29 is 0 Å². The number of aryl methyl sites for hydroxylation is 1. The molecular formula is C49H34S. The largest absolute Gasteiger partial charge is 0.142 e. The van der Waals surface area contributed by atoms with Crippen molar-refractivity contribution >= 4 is 44.9 Å². The Balaban J connectivity index is 1.22. The summed E-state index contributed by atoms with van der Waals surface area (Å²) < 4.78 is 0. The minimum absolute atomic E-state index is 0.986. The minimum Gasteiger partial charge on any atom is -0.142 e. The van der Waals surface area contributed by atoms with Gasteiger partial charge < -0.3 is 0 Å². The molecule has 0 nitrogen and oxygen atoms in total. The Morgan fingerprint density at radius 1 is 0.280 bits per heavy atom. The highest BCUT2D eigenvalue weighted by molar-refractivity contribution is 7.80. The number of benzene rings is 9. The number of fused-ring (bicyclic) bond motifs is 6. The number of hydrogen-bond acceptors (Lipinski definition) is 1. The maximum Gasteiger partial charge on any atom is 0.0198 e. The number of thiol groups is 1. The van der Waals surface area contributed by atoms with Gasteiger partial charge in [-0.15, -0.1) is 12.6 Å². The molecule has 0 saturated carbocycles. The van der Waals surface area contributed by atoms with Gasteiger partial charge in [-0.25, -0.2) is 0 Å². The fourth-order valence-corrected chi connectivity index (χ4v) is 7.92. The second-order valence-corrected chi connectivity index (χ2v) is 13.6. The molecule has 0 heterocycles. The molecule has 9 aromatic rings. The van der Waals surface area contributed by atoms with E-state index in [0.717, 1.165) is 21.6 Å². The van der Waals surface area contributed by atoms with Crippen molar-refractivity contribution in [1.29, 1.82) is 0 Å². The van der Waals surface area contributed by atoms with Crippen LogP contribution in [0.3, 0.4) is 0 Å². The van der Waals surface area contributed by atoms with Gasteiger partial charge in [0.1, 0.15) is 0 Å². The molecule has 0 fully saturated rings. The third-order valence-electron chi connectivity index (χ3n) is 10.1. The van der Waals surface area contributed by atoms with Crippen LogP contribution < -0.4 is 0 Å². The Kier molecular flexibility index (Phi) is 7.57. The van der Waals surface area contributed by atoms with Crippen LogP contribution in [0.25, 0.3) is 88.0 Å². The van der Waals surface area contributed by atoms with Gasteiger partial charge in [0.25, 0.3) is 0 Å². The predicted octanol–water partition coefficient (Wildman–Crippen LogP) is 14.1. The maximum atomic E-state index is 5.29. The van der Waals surface area contributed by atoms with E-state index in [-0.39, 0.29) is 0 Å². The fraction of sp³-hybridized carbons (Fsp3) is 0.0204. The summed E-state index contributed by atoms with van der Waals surface area (Å²) in [5.74, 6) is 0. The molecule has 0 N–H and O–H groups in total. The lowest BCUT2D eigenvalue weighted by atomic mass is 9.88. The molecule has 0 saturated heterocycles. The van der Waals surface area contributed by atoms with Crippen LogP contribution in [0.15, 0.2) is 187 Å². The summed E-state index contributed by atoms with van der Waals surface area (Å²) in [6, 6.07) is 66.1. The molecule has 0 spiro atoms. The van der Waals surface area contributed by atoms with Gasteiger partial charge >= 0.3 is 0 Å². The normalized spacial score (nSPS) is 11.4. The molecule has 0 aliphatic heterocycles. The molecule has 236 valence electrons. The molecule has 9 rings (SSSR count). The Labute approximate surface area is 298 Å². The molecule has 0 bridgehead atoms. The van der Waals surface area contributed by atoms with E-state index >= 15 is 0 Å². The van der Waals surface area contributed by atoms with Crippen molar-refractivity contribution in [2.45, 2.75) is 11.8 Å². The SMILES string of the molecule is Cc1ccccc1-c1cc(-c2cccc(-c3ccc(-c4ccccc4)cc3)c2)cc(-c2ccc3c4ccccc4c4ccccc4c3c2)c1S. The topological polar surface area (TPSA) is 0 Å². The highest BCUT2D eigenvalue weighted by Crippen LogP contribution is 2.43. The molecule has 0 amide bonds. The lowest BCUT2D eigenvalue weighted by Gasteiger charge is -2.18. The van der Waals surface area contributed by atoms with E-state index in [1.165, 1.54) is 76.8 Å². The van der Waals surface area contributed by atoms with E-state index in [1.54, 1.807) is 0 Å². The van der Waals surface area contributed by atoms with Crippen LogP contribution in [-0.4, -0.2) is 0 Å². The maximum absolute atomic E-state index is 5.29. The zero-order chi connectivity index (χ0) is 33.6. The predicted molar refractivity (Wildman–Crippen MR) is 218 cm³/mol. The van der Waals surface area contributed by atoms with E-state index in [1.807, 2.05) is 0 Å². The van der Waals surface area contributed by atoms with Gasteiger partial charge in [-0.2, -0.15) is 0 Å². The van der Waals surface area contributed by atoms with Gasteiger partial charge in [0, 0.05) is 4.90 Å². The summed E-state index contributed by atoms with van der Waals surface area (Å²) >= 11 is 5.29.